The van der Waals surface area contributed by atoms with Gasteiger partial charge < -0.3 is 20.3 Å². The summed E-state index contributed by atoms with van der Waals surface area (Å²) in [6.45, 7) is 8.34. The Hall–Kier alpha value is -2.57. The molecule has 1 fully saturated rings. The molecular formula is C21H31N3O4. The van der Waals surface area contributed by atoms with E-state index in [1.165, 1.54) is 0 Å². The van der Waals surface area contributed by atoms with Crippen molar-refractivity contribution in [3.63, 3.8) is 0 Å². The molecule has 1 unspecified atom stereocenters. The van der Waals surface area contributed by atoms with Crippen molar-refractivity contribution < 1.29 is 19.1 Å². The van der Waals surface area contributed by atoms with Gasteiger partial charge in [-0.05, 0) is 36.5 Å². The largest absolute Gasteiger partial charge is 0.495 e. The van der Waals surface area contributed by atoms with Crippen molar-refractivity contribution in [2.75, 3.05) is 23.9 Å². The van der Waals surface area contributed by atoms with Crippen molar-refractivity contribution in [1.82, 2.24) is 5.32 Å². The highest BCUT2D eigenvalue weighted by Crippen LogP contribution is 2.34. The van der Waals surface area contributed by atoms with Crippen LogP contribution in [0.5, 0.6) is 5.75 Å². The molecule has 28 heavy (non-hydrogen) atoms. The van der Waals surface area contributed by atoms with Crippen LogP contribution in [0.2, 0.25) is 0 Å². The second-order valence-corrected chi connectivity index (χ2v) is 7.91. The molecular weight excluding hydrogens is 358 g/mol. The molecule has 1 aromatic carbocycles. The van der Waals surface area contributed by atoms with Gasteiger partial charge in [0.2, 0.25) is 17.7 Å². The summed E-state index contributed by atoms with van der Waals surface area (Å²) in [5.41, 5.74) is 1.21. The van der Waals surface area contributed by atoms with Crippen LogP contribution in [-0.2, 0) is 14.4 Å². The molecule has 1 saturated heterocycles. The fourth-order valence-corrected chi connectivity index (χ4v) is 3.24. The maximum Gasteiger partial charge on any atom is 0.247 e. The van der Waals surface area contributed by atoms with Crippen molar-refractivity contribution in [1.29, 1.82) is 0 Å². The molecule has 0 radical (unpaired) electrons. The summed E-state index contributed by atoms with van der Waals surface area (Å²) >= 11 is 0. The van der Waals surface area contributed by atoms with E-state index in [0.717, 1.165) is 6.42 Å². The van der Waals surface area contributed by atoms with Gasteiger partial charge in [0.25, 0.3) is 0 Å². The maximum absolute atomic E-state index is 12.8. The fraction of sp³-hybridized carbons (Fsp3) is 0.571. The number of anilines is 2. The van der Waals surface area contributed by atoms with Gasteiger partial charge in [-0.25, -0.2) is 0 Å². The van der Waals surface area contributed by atoms with Gasteiger partial charge in [0.15, 0.2) is 0 Å². The highest BCUT2D eigenvalue weighted by atomic mass is 16.5. The first-order valence-electron chi connectivity index (χ1n) is 9.81. The fourth-order valence-electron chi connectivity index (χ4n) is 3.24. The summed E-state index contributed by atoms with van der Waals surface area (Å²) in [5.74, 6) is 0.367. The molecule has 154 valence electrons. The van der Waals surface area contributed by atoms with E-state index in [1.54, 1.807) is 30.2 Å². The molecule has 0 spiro atoms. The molecule has 1 heterocycles. The lowest BCUT2D eigenvalue weighted by atomic mass is 10.0. The van der Waals surface area contributed by atoms with Crippen LogP contribution < -0.4 is 20.3 Å². The third-order valence-electron chi connectivity index (χ3n) is 4.67. The average Bonchev–Trinajstić information content (AvgIpc) is 3.04. The molecule has 2 N–H and O–H groups in total. The number of nitrogens with one attached hydrogen (secondary N) is 2. The van der Waals surface area contributed by atoms with Gasteiger partial charge in [0.1, 0.15) is 11.8 Å². The van der Waals surface area contributed by atoms with Crippen molar-refractivity contribution in [3.8, 4) is 5.75 Å². The van der Waals surface area contributed by atoms with E-state index in [4.69, 9.17) is 4.74 Å². The Morgan fingerprint density at radius 3 is 2.46 bits per heavy atom. The van der Waals surface area contributed by atoms with Gasteiger partial charge in [-0.3, -0.25) is 14.4 Å². The standard InChI is InChI=1S/C21H31N3O4/c1-13(2)11-18(25)23-20(14(3)4)21(27)22-15-8-9-17(28-5)16(12-15)24-10-6-7-19(24)26/h8-9,12-14,20H,6-7,10-11H2,1-5H3,(H,22,27)(H,23,25). The highest BCUT2D eigenvalue weighted by Gasteiger charge is 2.27. The predicted molar refractivity (Wildman–Crippen MR) is 109 cm³/mol. The van der Waals surface area contributed by atoms with Crippen LogP contribution in [0, 0.1) is 11.8 Å². The van der Waals surface area contributed by atoms with Gasteiger partial charge in [-0.15, -0.1) is 0 Å². The lowest BCUT2D eigenvalue weighted by molar-refractivity contribution is -0.127. The Bertz CT molecular complexity index is 730. The first-order valence-corrected chi connectivity index (χ1v) is 9.81. The van der Waals surface area contributed by atoms with Crippen LogP contribution in [0.25, 0.3) is 0 Å². The molecule has 1 aliphatic rings. The van der Waals surface area contributed by atoms with Crippen LogP contribution in [0.15, 0.2) is 18.2 Å². The first kappa shape index (κ1) is 21.7. The van der Waals surface area contributed by atoms with Crippen LogP contribution >= 0.6 is 0 Å². The van der Waals surface area contributed by atoms with Gasteiger partial charge in [0.05, 0.1) is 12.8 Å². The summed E-state index contributed by atoms with van der Waals surface area (Å²) in [7, 11) is 1.55. The number of rotatable bonds is 8. The quantitative estimate of drug-likeness (QED) is 0.716. The second-order valence-electron chi connectivity index (χ2n) is 7.91. The molecule has 1 aromatic rings. The minimum absolute atomic E-state index is 0.0442. The number of methoxy groups -OCH3 is 1. The van der Waals surface area contributed by atoms with E-state index in [1.807, 2.05) is 27.7 Å². The van der Waals surface area contributed by atoms with E-state index in [-0.39, 0.29) is 29.6 Å². The lowest BCUT2D eigenvalue weighted by Gasteiger charge is -2.23. The zero-order valence-electron chi connectivity index (χ0n) is 17.4. The number of hydrogen-bond donors (Lipinski definition) is 2. The second kappa shape index (κ2) is 9.57. The van der Waals surface area contributed by atoms with Crippen LogP contribution in [0.3, 0.4) is 0 Å². The molecule has 2 rings (SSSR count). The summed E-state index contributed by atoms with van der Waals surface area (Å²) < 4.78 is 5.38. The third-order valence-corrected chi connectivity index (χ3v) is 4.67. The van der Waals surface area contributed by atoms with Crippen molar-refractivity contribution in [3.05, 3.63) is 18.2 Å². The first-order chi connectivity index (χ1) is 13.2. The van der Waals surface area contributed by atoms with Gasteiger partial charge in [-0.1, -0.05) is 27.7 Å². The number of nitrogens with zero attached hydrogens (tertiary/aromatic N) is 1. The van der Waals surface area contributed by atoms with Crippen LogP contribution in [0.1, 0.15) is 47.0 Å². The van der Waals surface area contributed by atoms with Crippen LogP contribution in [-0.4, -0.2) is 37.4 Å². The number of amides is 3. The van der Waals surface area contributed by atoms with Crippen LogP contribution in [0.4, 0.5) is 11.4 Å². The Morgan fingerprint density at radius 2 is 1.93 bits per heavy atom. The summed E-state index contributed by atoms with van der Waals surface area (Å²) in [5, 5.41) is 5.69. The molecule has 1 aliphatic heterocycles. The Balaban J connectivity index is 2.17. The number of benzene rings is 1. The van der Waals surface area contributed by atoms with E-state index in [2.05, 4.69) is 10.6 Å². The predicted octanol–water partition coefficient (Wildman–Crippen LogP) is 2.95. The van der Waals surface area contributed by atoms with Crippen molar-refractivity contribution in [2.45, 2.75) is 53.0 Å². The van der Waals surface area contributed by atoms with Gasteiger partial charge in [0, 0.05) is 25.1 Å². The topological polar surface area (TPSA) is 87.7 Å². The number of carbonyl (C=O) groups is 3. The minimum Gasteiger partial charge on any atom is -0.495 e. The molecule has 7 heteroatoms. The zero-order chi connectivity index (χ0) is 20.8. The third kappa shape index (κ3) is 5.47. The Morgan fingerprint density at radius 1 is 1.21 bits per heavy atom. The molecule has 3 amide bonds. The Labute approximate surface area is 166 Å². The molecule has 0 aromatic heterocycles. The molecule has 0 aliphatic carbocycles. The number of ether oxygens (including phenoxy) is 1. The normalized spacial score (nSPS) is 15.1. The Kier molecular flexibility index (Phi) is 7.43. The monoisotopic (exact) mass is 389 g/mol. The number of hydrogen-bond acceptors (Lipinski definition) is 4. The van der Waals surface area contributed by atoms with Crippen molar-refractivity contribution in [2.24, 2.45) is 11.8 Å². The SMILES string of the molecule is COc1ccc(NC(=O)C(NC(=O)CC(C)C)C(C)C)cc1N1CCCC1=O. The van der Waals surface area contributed by atoms with Gasteiger partial charge in [-0.2, -0.15) is 0 Å². The number of carbonyl (C=O) groups excluding carboxylic acids is 3. The van der Waals surface area contributed by atoms with E-state index < -0.39 is 6.04 Å². The smallest absolute Gasteiger partial charge is 0.247 e. The van der Waals surface area contributed by atoms with Gasteiger partial charge >= 0.3 is 0 Å². The molecule has 0 bridgehead atoms. The lowest BCUT2D eigenvalue weighted by Crippen LogP contribution is -2.47. The highest BCUT2D eigenvalue weighted by molar-refractivity contribution is 6.00. The molecule has 0 saturated carbocycles. The minimum atomic E-state index is -0.634. The summed E-state index contributed by atoms with van der Waals surface area (Å²) in [4.78, 5) is 38.7. The summed E-state index contributed by atoms with van der Waals surface area (Å²) in [6.07, 6.45) is 1.69. The summed E-state index contributed by atoms with van der Waals surface area (Å²) in [6, 6.07) is 4.57. The van der Waals surface area contributed by atoms with Crippen molar-refractivity contribution >= 4 is 29.1 Å². The zero-order valence-corrected chi connectivity index (χ0v) is 17.4. The van der Waals surface area contributed by atoms with E-state index >= 15 is 0 Å². The van der Waals surface area contributed by atoms with E-state index in [9.17, 15) is 14.4 Å². The molecule has 1 atom stereocenters. The maximum atomic E-state index is 12.8. The van der Waals surface area contributed by atoms with E-state index in [0.29, 0.717) is 36.5 Å². The average molecular weight is 389 g/mol. The molecule has 7 nitrogen and oxygen atoms in total.